The van der Waals surface area contributed by atoms with E-state index in [0.717, 1.165) is 30.0 Å². The van der Waals surface area contributed by atoms with Crippen LogP contribution in [0.2, 0.25) is 0 Å². The molecule has 1 N–H and O–H groups in total. The van der Waals surface area contributed by atoms with Gasteiger partial charge in [-0.15, -0.1) is 0 Å². The van der Waals surface area contributed by atoms with Gasteiger partial charge in [-0.05, 0) is 55.4 Å². The SMILES string of the molecule is CCCC(=O)NC1CCc2ccc(C(F)(F)F)cc2CC1. The van der Waals surface area contributed by atoms with Crippen LogP contribution in [0.3, 0.4) is 0 Å². The van der Waals surface area contributed by atoms with Crippen molar-refractivity contribution in [3.05, 3.63) is 34.9 Å². The Hall–Kier alpha value is -1.52. The normalized spacial score (nSPS) is 18.8. The summed E-state index contributed by atoms with van der Waals surface area (Å²) < 4.78 is 38.2. The number of benzene rings is 1. The lowest BCUT2D eigenvalue weighted by Gasteiger charge is -2.15. The van der Waals surface area contributed by atoms with Gasteiger partial charge in [-0.25, -0.2) is 0 Å². The van der Waals surface area contributed by atoms with Crippen LogP contribution in [0.1, 0.15) is 49.3 Å². The van der Waals surface area contributed by atoms with E-state index in [-0.39, 0.29) is 11.9 Å². The van der Waals surface area contributed by atoms with Gasteiger partial charge in [0.05, 0.1) is 5.56 Å². The van der Waals surface area contributed by atoms with E-state index in [0.29, 0.717) is 25.7 Å². The molecular weight excluding hydrogens is 279 g/mol. The van der Waals surface area contributed by atoms with E-state index >= 15 is 0 Å². The van der Waals surface area contributed by atoms with Crippen LogP contribution in [-0.2, 0) is 23.8 Å². The third-order valence-electron chi connectivity index (χ3n) is 3.90. The molecule has 0 saturated carbocycles. The van der Waals surface area contributed by atoms with E-state index in [1.165, 1.54) is 6.07 Å². The molecule has 1 aliphatic carbocycles. The largest absolute Gasteiger partial charge is 0.416 e. The van der Waals surface area contributed by atoms with Gasteiger partial charge in [0.15, 0.2) is 0 Å². The Morgan fingerprint density at radius 3 is 2.52 bits per heavy atom. The highest BCUT2D eigenvalue weighted by atomic mass is 19.4. The van der Waals surface area contributed by atoms with Crippen LogP contribution >= 0.6 is 0 Å². The monoisotopic (exact) mass is 299 g/mol. The molecule has 0 spiro atoms. The number of amides is 1. The molecule has 2 nitrogen and oxygen atoms in total. The number of rotatable bonds is 3. The highest BCUT2D eigenvalue weighted by molar-refractivity contribution is 5.76. The first-order chi connectivity index (χ1) is 9.90. The average molecular weight is 299 g/mol. The Balaban J connectivity index is 2.05. The molecule has 1 amide bonds. The van der Waals surface area contributed by atoms with E-state index in [1.54, 1.807) is 6.07 Å². The zero-order valence-corrected chi connectivity index (χ0v) is 12.1. The van der Waals surface area contributed by atoms with Crippen LogP contribution in [0.4, 0.5) is 13.2 Å². The van der Waals surface area contributed by atoms with Crippen molar-refractivity contribution >= 4 is 5.91 Å². The second kappa shape index (κ2) is 6.50. The van der Waals surface area contributed by atoms with E-state index in [1.807, 2.05) is 6.92 Å². The fourth-order valence-corrected chi connectivity index (χ4v) is 2.75. The van der Waals surface area contributed by atoms with Crippen molar-refractivity contribution in [1.82, 2.24) is 5.32 Å². The number of alkyl halides is 3. The van der Waals surface area contributed by atoms with Gasteiger partial charge in [0.25, 0.3) is 0 Å². The number of nitrogens with one attached hydrogen (secondary N) is 1. The van der Waals surface area contributed by atoms with E-state index in [2.05, 4.69) is 5.32 Å². The number of halogens is 3. The van der Waals surface area contributed by atoms with Crippen molar-refractivity contribution < 1.29 is 18.0 Å². The minimum absolute atomic E-state index is 0.0319. The lowest BCUT2D eigenvalue weighted by Crippen LogP contribution is -2.34. The molecule has 0 bridgehead atoms. The Kier molecular flexibility index (Phi) is 4.91. The molecule has 1 aromatic carbocycles. The molecule has 0 aliphatic heterocycles. The van der Waals surface area contributed by atoms with Crippen LogP contribution in [0.15, 0.2) is 18.2 Å². The van der Waals surface area contributed by atoms with Crippen molar-refractivity contribution in [2.24, 2.45) is 0 Å². The predicted octanol–water partition coefficient (Wildman–Crippen LogP) is 3.87. The summed E-state index contributed by atoms with van der Waals surface area (Å²) in [6.45, 7) is 1.95. The van der Waals surface area contributed by atoms with Crippen molar-refractivity contribution in [2.75, 3.05) is 0 Å². The molecule has 5 heteroatoms. The predicted molar refractivity (Wildman–Crippen MR) is 74.9 cm³/mol. The maximum atomic E-state index is 12.7. The summed E-state index contributed by atoms with van der Waals surface area (Å²) in [5.74, 6) is 0.0319. The Morgan fingerprint density at radius 1 is 1.24 bits per heavy atom. The molecule has 0 radical (unpaired) electrons. The third kappa shape index (κ3) is 4.22. The Bertz CT molecular complexity index is 511. The van der Waals surface area contributed by atoms with Crippen LogP contribution in [-0.4, -0.2) is 11.9 Å². The van der Waals surface area contributed by atoms with Crippen molar-refractivity contribution in [2.45, 2.75) is 57.7 Å². The summed E-state index contributed by atoms with van der Waals surface area (Å²) in [4.78, 5) is 11.6. The first-order valence-electron chi connectivity index (χ1n) is 7.38. The second-order valence-corrected chi connectivity index (χ2v) is 5.57. The number of hydrogen-bond donors (Lipinski definition) is 1. The van der Waals surface area contributed by atoms with Crippen LogP contribution < -0.4 is 5.32 Å². The van der Waals surface area contributed by atoms with Crippen molar-refractivity contribution in [3.63, 3.8) is 0 Å². The minimum atomic E-state index is -4.30. The molecule has 0 fully saturated rings. The van der Waals surface area contributed by atoms with Gasteiger partial charge in [-0.2, -0.15) is 13.2 Å². The lowest BCUT2D eigenvalue weighted by atomic mass is 10.00. The smallest absolute Gasteiger partial charge is 0.353 e. The molecule has 1 unspecified atom stereocenters. The molecule has 0 aromatic heterocycles. The van der Waals surface area contributed by atoms with Crippen molar-refractivity contribution in [1.29, 1.82) is 0 Å². The number of carbonyl (C=O) groups is 1. The third-order valence-corrected chi connectivity index (χ3v) is 3.90. The fraction of sp³-hybridized carbons (Fsp3) is 0.562. The van der Waals surface area contributed by atoms with Gasteiger partial charge in [-0.3, -0.25) is 4.79 Å². The minimum Gasteiger partial charge on any atom is -0.353 e. The maximum Gasteiger partial charge on any atom is 0.416 e. The molecule has 0 saturated heterocycles. The number of carbonyl (C=O) groups excluding carboxylic acids is 1. The summed E-state index contributed by atoms with van der Waals surface area (Å²) >= 11 is 0. The van der Waals surface area contributed by atoms with Crippen LogP contribution in [0.5, 0.6) is 0 Å². The average Bonchev–Trinajstić information content (AvgIpc) is 2.60. The van der Waals surface area contributed by atoms with Gasteiger partial charge >= 0.3 is 6.18 Å². The first kappa shape index (κ1) is 15.9. The summed E-state index contributed by atoms with van der Waals surface area (Å²) in [7, 11) is 0. The summed E-state index contributed by atoms with van der Waals surface area (Å²) in [6.07, 6.45) is -0.218. The van der Waals surface area contributed by atoms with E-state index in [4.69, 9.17) is 0 Å². The zero-order valence-electron chi connectivity index (χ0n) is 12.1. The number of hydrogen-bond acceptors (Lipinski definition) is 1. The molecule has 0 heterocycles. The van der Waals surface area contributed by atoms with Crippen LogP contribution in [0, 0.1) is 0 Å². The van der Waals surface area contributed by atoms with Gasteiger partial charge in [-0.1, -0.05) is 13.0 Å². The summed E-state index contributed by atoms with van der Waals surface area (Å²) in [6, 6.07) is 4.04. The van der Waals surface area contributed by atoms with Gasteiger partial charge in [0.2, 0.25) is 5.91 Å². The first-order valence-corrected chi connectivity index (χ1v) is 7.38. The topological polar surface area (TPSA) is 29.1 Å². The van der Waals surface area contributed by atoms with Gasteiger partial charge < -0.3 is 5.32 Å². The van der Waals surface area contributed by atoms with Crippen LogP contribution in [0.25, 0.3) is 0 Å². The summed E-state index contributed by atoms with van der Waals surface area (Å²) in [5.41, 5.74) is 1.14. The molecule has 1 atom stereocenters. The van der Waals surface area contributed by atoms with Gasteiger partial charge in [0, 0.05) is 12.5 Å². The second-order valence-electron chi connectivity index (χ2n) is 5.57. The molecular formula is C16H20F3NO. The number of fused-ring (bicyclic) bond motifs is 1. The standard InChI is InChI=1S/C16H20F3NO/c1-2-3-15(21)20-14-8-5-11-4-7-13(16(17,18)19)10-12(11)6-9-14/h4,7,10,14H,2-3,5-6,8-9H2,1H3,(H,20,21). The molecule has 1 aliphatic rings. The zero-order chi connectivity index (χ0) is 15.5. The molecule has 21 heavy (non-hydrogen) atoms. The quantitative estimate of drug-likeness (QED) is 0.843. The summed E-state index contributed by atoms with van der Waals surface area (Å²) in [5, 5.41) is 2.98. The number of aryl methyl sites for hydroxylation is 2. The lowest BCUT2D eigenvalue weighted by molar-refractivity contribution is -0.137. The Labute approximate surface area is 122 Å². The molecule has 2 rings (SSSR count). The van der Waals surface area contributed by atoms with Gasteiger partial charge in [0.1, 0.15) is 0 Å². The fourth-order valence-electron chi connectivity index (χ4n) is 2.75. The molecule has 116 valence electrons. The van der Waals surface area contributed by atoms with E-state index in [9.17, 15) is 18.0 Å². The highest BCUT2D eigenvalue weighted by Crippen LogP contribution is 2.32. The van der Waals surface area contributed by atoms with Crippen molar-refractivity contribution in [3.8, 4) is 0 Å². The van der Waals surface area contributed by atoms with E-state index < -0.39 is 11.7 Å². The maximum absolute atomic E-state index is 12.7. The molecule has 1 aromatic rings. The highest BCUT2D eigenvalue weighted by Gasteiger charge is 2.31. The Morgan fingerprint density at radius 2 is 1.90 bits per heavy atom.